The van der Waals surface area contributed by atoms with Gasteiger partial charge in [-0.1, -0.05) is 36.4 Å². The number of carbonyl (C=O) groups is 2. The van der Waals surface area contributed by atoms with Crippen molar-refractivity contribution in [2.45, 2.75) is 6.92 Å². The molecule has 0 aliphatic rings. The first-order valence-corrected chi connectivity index (χ1v) is 11.9. The first-order chi connectivity index (χ1) is 17.4. The minimum atomic E-state index is -0.675. The van der Waals surface area contributed by atoms with Crippen LogP contribution in [0.15, 0.2) is 72.8 Å². The van der Waals surface area contributed by atoms with Gasteiger partial charge in [-0.25, -0.2) is 4.39 Å². The molecular weight excluding hydrogens is 481 g/mol. The molecule has 0 aliphatic carbocycles. The summed E-state index contributed by atoms with van der Waals surface area (Å²) in [6, 6.07) is 19.7. The number of hydrogen-bond acceptors (Lipinski definition) is 7. The Morgan fingerprint density at radius 2 is 1.58 bits per heavy atom. The molecule has 1 aromatic heterocycles. The summed E-state index contributed by atoms with van der Waals surface area (Å²) in [4.78, 5) is 26.8. The molecule has 0 saturated carbocycles. The van der Waals surface area contributed by atoms with Crippen LogP contribution in [-0.4, -0.2) is 25.4 Å². The molecular formula is C27H24FN3O4S. The number of anilines is 4. The number of para-hydroxylation sites is 4. The van der Waals surface area contributed by atoms with Crippen LogP contribution >= 0.6 is 11.3 Å². The van der Waals surface area contributed by atoms with Crippen LogP contribution in [0, 0.1) is 5.82 Å². The number of nitrogens with one attached hydrogen (secondary N) is 2. The van der Waals surface area contributed by atoms with Crippen LogP contribution in [0.2, 0.25) is 0 Å². The topological polar surface area (TPSA) is 103 Å². The van der Waals surface area contributed by atoms with E-state index in [9.17, 15) is 14.0 Å². The van der Waals surface area contributed by atoms with E-state index in [2.05, 4.69) is 10.6 Å². The predicted molar refractivity (Wildman–Crippen MR) is 140 cm³/mol. The van der Waals surface area contributed by atoms with E-state index in [-0.39, 0.29) is 21.7 Å². The van der Waals surface area contributed by atoms with Gasteiger partial charge < -0.3 is 25.8 Å². The van der Waals surface area contributed by atoms with Crippen molar-refractivity contribution in [3.05, 3.63) is 94.6 Å². The largest absolute Gasteiger partial charge is 0.495 e. The second-order valence-electron chi connectivity index (χ2n) is 7.57. The standard InChI is InChI=1S/C27H24FN3O4S/c1-3-35-21-15-9-7-13-19(21)31-27-22(26(33)30-18-12-6-8-14-20(18)34-2)23(29)25(36-27)24(32)16-10-4-5-11-17(16)28/h4-15,31H,3,29H2,1-2H3,(H,30,33). The number of thiophene rings is 1. The Kier molecular flexibility index (Phi) is 7.50. The third-order valence-electron chi connectivity index (χ3n) is 5.29. The smallest absolute Gasteiger partial charge is 0.260 e. The molecule has 0 fully saturated rings. The summed E-state index contributed by atoms with van der Waals surface area (Å²) in [5.74, 6) is -0.833. The molecule has 36 heavy (non-hydrogen) atoms. The van der Waals surface area contributed by atoms with Crippen LogP contribution in [0.4, 0.5) is 26.5 Å². The van der Waals surface area contributed by atoms with E-state index in [0.717, 1.165) is 11.3 Å². The molecule has 1 amide bonds. The summed E-state index contributed by atoms with van der Waals surface area (Å²) in [5.41, 5.74) is 7.24. The maximum Gasteiger partial charge on any atom is 0.260 e. The molecule has 0 spiro atoms. The summed E-state index contributed by atoms with van der Waals surface area (Å²) in [7, 11) is 1.49. The van der Waals surface area contributed by atoms with Gasteiger partial charge in [-0.2, -0.15) is 0 Å². The van der Waals surface area contributed by atoms with Crippen molar-refractivity contribution in [1.29, 1.82) is 0 Å². The van der Waals surface area contributed by atoms with Gasteiger partial charge in [0.15, 0.2) is 0 Å². The number of benzene rings is 3. The second-order valence-corrected chi connectivity index (χ2v) is 8.59. The minimum Gasteiger partial charge on any atom is -0.495 e. The van der Waals surface area contributed by atoms with Gasteiger partial charge in [0.05, 0.1) is 41.9 Å². The van der Waals surface area contributed by atoms with Crippen LogP contribution in [0.5, 0.6) is 11.5 Å². The van der Waals surface area contributed by atoms with E-state index in [1.807, 2.05) is 19.1 Å². The summed E-state index contributed by atoms with van der Waals surface area (Å²) >= 11 is 0.968. The van der Waals surface area contributed by atoms with Crippen LogP contribution in [0.25, 0.3) is 0 Å². The lowest BCUT2D eigenvalue weighted by molar-refractivity contribution is 0.102. The molecule has 4 N–H and O–H groups in total. The van der Waals surface area contributed by atoms with Crippen molar-refractivity contribution in [2.24, 2.45) is 0 Å². The Bertz CT molecular complexity index is 1420. The fraction of sp³-hybridized carbons (Fsp3) is 0.111. The average molecular weight is 506 g/mol. The molecule has 0 radical (unpaired) electrons. The van der Waals surface area contributed by atoms with Gasteiger partial charge >= 0.3 is 0 Å². The third kappa shape index (κ3) is 5.01. The molecule has 4 rings (SSSR count). The first kappa shape index (κ1) is 24.7. The molecule has 4 aromatic rings. The molecule has 0 aliphatic heterocycles. The summed E-state index contributed by atoms with van der Waals surface area (Å²) in [6.07, 6.45) is 0. The van der Waals surface area contributed by atoms with Gasteiger partial charge in [0.1, 0.15) is 27.2 Å². The summed E-state index contributed by atoms with van der Waals surface area (Å²) < 4.78 is 25.4. The number of ketones is 1. The monoisotopic (exact) mass is 505 g/mol. The molecule has 0 saturated heterocycles. The highest BCUT2D eigenvalue weighted by Gasteiger charge is 2.28. The number of hydrogen-bond donors (Lipinski definition) is 3. The number of rotatable bonds is 9. The number of halogens is 1. The fourth-order valence-electron chi connectivity index (χ4n) is 3.60. The van der Waals surface area contributed by atoms with Crippen molar-refractivity contribution in [3.8, 4) is 11.5 Å². The molecule has 0 bridgehead atoms. The normalized spacial score (nSPS) is 10.5. The molecule has 1 heterocycles. The lowest BCUT2D eigenvalue weighted by Crippen LogP contribution is -2.16. The predicted octanol–water partition coefficient (Wildman–Crippen LogP) is 6.10. The second kappa shape index (κ2) is 10.9. The number of amides is 1. The Labute approximate surface area is 211 Å². The summed E-state index contributed by atoms with van der Waals surface area (Å²) in [5, 5.41) is 6.28. The zero-order chi connectivity index (χ0) is 25.7. The minimum absolute atomic E-state index is 0.0432. The van der Waals surface area contributed by atoms with Gasteiger partial charge in [-0.15, -0.1) is 11.3 Å². The number of methoxy groups -OCH3 is 1. The van der Waals surface area contributed by atoms with Crippen molar-refractivity contribution < 1.29 is 23.5 Å². The van der Waals surface area contributed by atoms with Gasteiger partial charge in [-0.05, 0) is 43.3 Å². The molecule has 184 valence electrons. The SMILES string of the molecule is CCOc1ccccc1Nc1sc(C(=O)c2ccccc2F)c(N)c1C(=O)Nc1ccccc1OC. The average Bonchev–Trinajstić information content (AvgIpc) is 3.21. The van der Waals surface area contributed by atoms with E-state index in [1.165, 1.54) is 25.3 Å². The Balaban J connectivity index is 1.80. The highest BCUT2D eigenvalue weighted by Crippen LogP contribution is 2.41. The van der Waals surface area contributed by atoms with Crippen LogP contribution in [-0.2, 0) is 0 Å². The van der Waals surface area contributed by atoms with Gasteiger partial charge in [0.2, 0.25) is 5.78 Å². The molecule has 0 atom stereocenters. The molecule has 0 unspecified atom stereocenters. The zero-order valence-electron chi connectivity index (χ0n) is 19.6. The third-order valence-corrected chi connectivity index (χ3v) is 6.41. The van der Waals surface area contributed by atoms with E-state index < -0.39 is 17.5 Å². The maximum atomic E-state index is 14.4. The number of ether oxygens (including phenoxy) is 2. The van der Waals surface area contributed by atoms with E-state index in [4.69, 9.17) is 15.2 Å². The molecule has 3 aromatic carbocycles. The molecule has 9 heteroatoms. The Morgan fingerprint density at radius 3 is 2.28 bits per heavy atom. The Morgan fingerprint density at radius 1 is 0.944 bits per heavy atom. The lowest BCUT2D eigenvalue weighted by atomic mass is 10.1. The molecule has 7 nitrogen and oxygen atoms in total. The van der Waals surface area contributed by atoms with Crippen LogP contribution < -0.4 is 25.8 Å². The number of nitrogen functional groups attached to an aromatic ring is 1. The Hall–Kier alpha value is -4.37. The quantitative estimate of drug-likeness (QED) is 0.238. The fourth-order valence-corrected chi connectivity index (χ4v) is 4.68. The van der Waals surface area contributed by atoms with Gasteiger partial charge in [0, 0.05) is 0 Å². The van der Waals surface area contributed by atoms with Crippen LogP contribution in [0.1, 0.15) is 32.5 Å². The van der Waals surface area contributed by atoms with Gasteiger partial charge in [-0.3, -0.25) is 9.59 Å². The van der Waals surface area contributed by atoms with E-state index in [0.29, 0.717) is 34.5 Å². The first-order valence-electron chi connectivity index (χ1n) is 11.1. The van der Waals surface area contributed by atoms with Gasteiger partial charge in [0.25, 0.3) is 5.91 Å². The van der Waals surface area contributed by atoms with Crippen LogP contribution in [0.3, 0.4) is 0 Å². The van der Waals surface area contributed by atoms with Crippen molar-refractivity contribution in [2.75, 3.05) is 30.1 Å². The van der Waals surface area contributed by atoms with Crippen molar-refractivity contribution in [1.82, 2.24) is 0 Å². The van der Waals surface area contributed by atoms with E-state index >= 15 is 0 Å². The van der Waals surface area contributed by atoms with Crippen molar-refractivity contribution >= 4 is 45.1 Å². The number of carbonyl (C=O) groups excluding carboxylic acids is 2. The lowest BCUT2D eigenvalue weighted by Gasteiger charge is -2.13. The highest BCUT2D eigenvalue weighted by molar-refractivity contribution is 7.19. The highest BCUT2D eigenvalue weighted by atomic mass is 32.1. The zero-order valence-corrected chi connectivity index (χ0v) is 20.4. The maximum absolute atomic E-state index is 14.4. The summed E-state index contributed by atoms with van der Waals surface area (Å²) in [6.45, 7) is 2.29. The van der Waals surface area contributed by atoms with Crippen molar-refractivity contribution in [3.63, 3.8) is 0 Å². The van der Waals surface area contributed by atoms with E-state index in [1.54, 1.807) is 42.5 Å². The number of nitrogens with two attached hydrogens (primary N) is 1.